The molecule has 94 valence electrons. The highest BCUT2D eigenvalue weighted by atomic mass is 79.9. The summed E-state index contributed by atoms with van der Waals surface area (Å²) < 4.78 is 6.74. The summed E-state index contributed by atoms with van der Waals surface area (Å²) in [5, 5.41) is 1.86. The SMILES string of the molecule is C=C(c1ccc(Cl)cc1)c1nsc2cc(Br)ccc12. The van der Waals surface area contributed by atoms with Crippen molar-refractivity contribution in [3.05, 3.63) is 69.8 Å². The van der Waals surface area contributed by atoms with Crippen molar-refractivity contribution in [2.75, 3.05) is 0 Å². The van der Waals surface area contributed by atoms with E-state index in [-0.39, 0.29) is 0 Å². The third-order valence-corrected chi connectivity index (χ3v) is 4.47. The normalized spacial score (nSPS) is 10.8. The molecule has 2 aromatic carbocycles. The Hall–Kier alpha value is -1.16. The fourth-order valence-electron chi connectivity index (χ4n) is 1.92. The Morgan fingerprint density at radius 3 is 2.63 bits per heavy atom. The molecule has 0 radical (unpaired) electrons. The Bertz CT molecular complexity index is 761. The van der Waals surface area contributed by atoms with Gasteiger partial charge in [0, 0.05) is 20.5 Å². The molecule has 0 amide bonds. The molecule has 3 rings (SSSR count). The summed E-state index contributed by atoms with van der Waals surface area (Å²) in [6, 6.07) is 13.8. The lowest BCUT2D eigenvalue weighted by Gasteiger charge is -2.04. The first-order valence-corrected chi connectivity index (χ1v) is 7.60. The summed E-state index contributed by atoms with van der Waals surface area (Å²) in [5.74, 6) is 0. The van der Waals surface area contributed by atoms with E-state index in [1.807, 2.05) is 30.3 Å². The third kappa shape index (κ3) is 2.46. The predicted octanol–water partition coefficient (Wildman–Crippen LogP) is 5.77. The lowest BCUT2D eigenvalue weighted by molar-refractivity contribution is 1.48. The molecule has 0 saturated carbocycles. The largest absolute Gasteiger partial charge is 0.191 e. The van der Waals surface area contributed by atoms with Gasteiger partial charge in [0.2, 0.25) is 0 Å². The molecule has 0 spiro atoms. The zero-order chi connectivity index (χ0) is 13.4. The first-order chi connectivity index (χ1) is 9.15. The molecule has 1 aromatic heterocycles. The maximum atomic E-state index is 5.91. The Balaban J connectivity index is 2.09. The molecule has 0 aliphatic heterocycles. The van der Waals surface area contributed by atoms with Gasteiger partial charge in [0.15, 0.2) is 0 Å². The van der Waals surface area contributed by atoms with Gasteiger partial charge in [-0.1, -0.05) is 52.3 Å². The molecule has 0 aliphatic rings. The van der Waals surface area contributed by atoms with Crippen LogP contribution < -0.4 is 0 Å². The summed E-state index contributed by atoms with van der Waals surface area (Å²) in [5.41, 5.74) is 2.90. The molecular formula is C15H9BrClNS. The van der Waals surface area contributed by atoms with E-state index in [0.717, 1.165) is 36.4 Å². The molecule has 1 heterocycles. The highest BCUT2D eigenvalue weighted by Crippen LogP contribution is 2.32. The van der Waals surface area contributed by atoms with Gasteiger partial charge in [-0.05, 0) is 41.4 Å². The highest BCUT2D eigenvalue weighted by molar-refractivity contribution is 9.10. The molecule has 0 aliphatic carbocycles. The maximum absolute atomic E-state index is 5.91. The highest BCUT2D eigenvalue weighted by Gasteiger charge is 2.11. The molecule has 0 N–H and O–H groups in total. The molecule has 0 fully saturated rings. The van der Waals surface area contributed by atoms with Crippen LogP contribution in [0.5, 0.6) is 0 Å². The molecular weight excluding hydrogens is 342 g/mol. The molecule has 3 aromatic rings. The second kappa shape index (κ2) is 5.08. The Labute approximate surface area is 128 Å². The number of rotatable bonds is 2. The van der Waals surface area contributed by atoms with Crippen LogP contribution in [0.1, 0.15) is 11.3 Å². The lowest BCUT2D eigenvalue weighted by atomic mass is 10.0. The van der Waals surface area contributed by atoms with Gasteiger partial charge in [-0.2, -0.15) is 4.37 Å². The van der Waals surface area contributed by atoms with Gasteiger partial charge >= 0.3 is 0 Å². The Morgan fingerprint density at radius 1 is 1.16 bits per heavy atom. The van der Waals surface area contributed by atoms with E-state index in [0.29, 0.717) is 0 Å². The Morgan fingerprint density at radius 2 is 1.89 bits per heavy atom. The van der Waals surface area contributed by atoms with E-state index >= 15 is 0 Å². The van der Waals surface area contributed by atoms with Crippen molar-refractivity contribution >= 4 is 54.7 Å². The molecule has 0 saturated heterocycles. The van der Waals surface area contributed by atoms with Crippen molar-refractivity contribution in [1.82, 2.24) is 4.37 Å². The quantitative estimate of drug-likeness (QED) is 0.571. The molecule has 0 atom stereocenters. The van der Waals surface area contributed by atoms with Gasteiger partial charge in [-0.3, -0.25) is 0 Å². The first kappa shape index (κ1) is 12.9. The van der Waals surface area contributed by atoms with Crippen molar-refractivity contribution in [1.29, 1.82) is 0 Å². The number of fused-ring (bicyclic) bond motifs is 1. The van der Waals surface area contributed by atoms with E-state index in [9.17, 15) is 0 Å². The van der Waals surface area contributed by atoms with Gasteiger partial charge in [-0.25, -0.2) is 0 Å². The number of hydrogen-bond donors (Lipinski definition) is 0. The fraction of sp³-hybridized carbons (Fsp3) is 0. The zero-order valence-electron chi connectivity index (χ0n) is 9.86. The summed E-state index contributed by atoms with van der Waals surface area (Å²) in [7, 11) is 0. The minimum absolute atomic E-state index is 0.726. The van der Waals surface area contributed by atoms with E-state index in [2.05, 4.69) is 39.0 Å². The minimum Gasteiger partial charge on any atom is -0.191 e. The third-order valence-electron chi connectivity index (χ3n) is 2.91. The van der Waals surface area contributed by atoms with E-state index < -0.39 is 0 Å². The van der Waals surface area contributed by atoms with Gasteiger partial charge in [0.25, 0.3) is 0 Å². The number of aromatic nitrogens is 1. The number of halogens is 2. The molecule has 19 heavy (non-hydrogen) atoms. The van der Waals surface area contributed by atoms with Crippen LogP contribution in [0.15, 0.2) is 53.5 Å². The van der Waals surface area contributed by atoms with Gasteiger partial charge in [-0.15, -0.1) is 0 Å². The zero-order valence-corrected chi connectivity index (χ0v) is 13.0. The summed E-state index contributed by atoms with van der Waals surface area (Å²) >= 11 is 10.9. The summed E-state index contributed by atoms with van der Waals surface area (Å²) in [6.07, 6.45) is 0. The second-order valence-corrected chi connectivity index (χ2v) is 6.31. The predicted molar refractivity (Wildman–Crippen MR) is 86.9 cm³/mol. The summed E-state index contributed by atoms with van der Waals surface area (Å²) in [4.78, 5) is 0. The van der Waals surface area contributed by atoms with Crippen LogP contribution in [0.3, 0.4) is 0 Å². The molecule has 4 heteroatoms. The monoisotopic (exact) mass is 349 g/mol. The van der Waals surface area contributed by atoms with Gasteiger partial charge < -0.3 is 0 Å². The molecule has 0 unspecified atom stereocenters. The fourth-order valence-corrected chi connectivity index (χ4v) is 3.40. The smallest absolute Gasteiger partial charge is 0.0919 e. The van der Waals surface area contributed by atoms with Crippen molar-refractivity contribution in [2.45, 2.75) is 0 Å². The second-order valence-electron chi connectivity index (χ2n) is 4.16. The van der Waals surface area contributed by atoms with Crippen LogP contribution in [0, 0.1) is 0 Å². The molecule has 0 bridgehead atoms. The van der Waals surface area contributed by atoms with Crippen LogP contribution >= 0.6 is 39.1 Å². The summed E-state index contributed by atoms with van der Waals surface area (Å²) in [6.45, 7) is 4.16. The molecule has 1 nitrogen and oxygen atoms in total. The average Bonchev–Trinajstić information content (AvgIpc) is 2.81. The van der Waals surface area contributed by atoms with Crippen molar-refractivity contribution in [3.8, 4) is 0 Å². The van der Waals surface area contributed by atoms with Crippen molar-refractivity contribution < 1.29 is 0 Å². The minimum atomic E-state index is 0.726. The Kier molecular flexibility index (Phi) is 3.44. The van der Waals surface area contributed by atoms with Crippen molar-refractivity contribution in [2.24, 2.45) is 0 Å². The first-order valence-electron chi connectivity index (χ1n) is 5.65. The standard InChI is InChI=1S/C15H9BrClNS/c1-9(10-2-5-12(17)6-3-10)15-13-7-4-11(16)8-14(13)19-18-15/h2-8H,1H2. The number of nitrogens with zero attached hydrogens (tertiary/aromatic N) is 1. The van der Waals surface area contributed by atoms with Gasteiger partial charge in [0.1, 0.15) is 0 Å². The average molecular weight is 351 g/mol. The van der Waals surface area contributed by atoms with E-state index in [1.54, 1.807) is 0 Å². The van der Waals surface area contributed by atoms with Crippen LogP contribution in [0.2, 0.25) is 5.02 Å². The lowest BCUT2D eigenvalue weighted by Crippen LogP contribution is -1.86. The number of hydrogen-bond acceptors (Lipinski definition) is 2. The maximum Gasteiger partial charge on any atom is 0.0919 e. The van der Waals surface area contributed by atoms with Gasteiger partial charge in [0.05, 0.1) is 10.4 Å². The van der Waals surface area contributed by atoms with E-state index in [1.165, 1.54) is 11.5 Å². The van der Waals surface area contributed by atoms with Crippen molar-refractivity contribution in [3.63, 3.8) is 0 Å². The van der Waals surface area contributed by atoms with Crippen LogP contribution in [0.25, 0.3) is 15.7 Å². The van der Waals surface area contributed by atoms with Crippen LogP contribution in [-0.4, -0.2) is 4.37 Å². The topological polar surface area (TPSA) is 12.9 Å². The van der Waals surface area contributed by atoms with E-state index in [4.69, 9.17) is 11.6 Å². The number of benzene rings is 2. The van der Waals surface area contributed by atoms with Crippen LogP contribution in [-0.2, 0) is 0 Å². The van der Waals surface area contributed by atoms with Crippen LogP contribution in [0.4, 0.5) is 0 Å².